The molecule has 5 aromatic rings. The number of aliphatic hydroxyl groups is 1. The van der Waals surface area contributed by atoms with E-state index >= 15 is 0 Å². The molecule has 0 spiro atoms. The molecule has 0 amide bonds. The monoisotopic (exact) mass is 388 g/mol. The Kier molecular flexibility index (Phi) is 5.04. The van der Waals surface area contributed by atoms with E-state index in [1.165, 1.54) is 33.0 Å². The minimum atomic E-state index is 0.0852. The van der Waals surface area contributed by atoms with Crippen molar-refractivity contribution in [2.45, 2.75) is 19.4 Å². The van der Waals surface area contributed by atoms with Gasteiger partial charge in [0, 0.05) is 0 Å². The molecule has 0 atom stereocenters. The fourth-order valence-electron chi connectivity index (χ4n) is 4.49. The molecule has 0 radical (unpaired) electrons. The van der Waals surface area contributed by atoms with Gasteiger partial charge in [-0.15, -0.1) is 0 Å². The van der Waals surface area contributed by atoms with Crippen molar-refractivity contribution in [3.05, 3.63) is 131 Å². The topological polar surface area (TPSA) is 20.2 Å². The van der Waals surface area contributed by atoms with Gasteiger partial charge in [0.25, 0.3) is 0 Å². The smallest absolute Gasteiger partial charge is 0.0693 e. The molecule has 0 fully saturated rings. The summed E-state index contributed by atoms with van der Waals surface area (Å²) in [5, 5.41) is 14.2. The van der Waals surface area contributed by atoms with E-state index in [4.69, 9.17) is 0 Å². The van der Waals surface area contributed by atoms with E-state index in [-0.39, 0.29) is 6.61 Å². The van der Waals surface area contributed by atoms with E-state index in [2.05, 4.69) is 78.9 Å². The lowest BCUT2D eigenvalue weighted by Gasteiger charge is -2.18. The third-order valence-electron chi connectivity index (χ3n) is 6.04. The van der Waals surface area contributed by atoms with Crippen LogP contribution >= 0.6 is 0 Å². The molecule has 0 aliphatic heterocycles. The van der Waals surface area contributed by atoms with E-state index in [1.807, 2.05) is 24.3 Å². The number of hydrogen-bond donors (Lipinski definition) is 1. The van der Waals surface area contributed by atoms with Crippen molar-refractivity contribution in [3.8, 4) is 0 Å². The van der Waals surface area contributed by atoms with Crippen LogP contribution in [0.4, 0.5) is 0 Å². The first-order valence-corrected chi connectivity index (χ1v) is 10.5. The van der Waals surface area contributed by atoms with Crippen molar-refractivity contribution in [1.82, 2.24) is 0 Å². The normalized spacial score (nSPS) is 12.0. The fourth-order valence-corrected chi connectivity index (χ4v) is 4.49. The zero-order chi connectivity index (χ0) is 20.3. The second-order valence-electron chi connectivity index (χ2n) is 7.85. The SMILES string of the molecule is OCc1c2ccccc2cc2ccccc12.c1ccc2c(c1)Cc1ccccc1C2. The molecule has 1 aliphatic rings. The summed E-state index contributed by atoms with van der Waals surface area (Å²) in [5.74, 6) is 0. The summed E-state index contributed by atoms with van der Waals surface area (Å²) in [4.78, 5) is 0. The summed E-state index contributed by atoms with van der Waals surface area (Å²) in [6, 6.07) is 36.0. The van der Waals surface area contributed by atoms with E-state index in [9.17, 15) is 5.11 Å². The number of hydrogen-bond acceptors (Lipinski definition) is 1. The quantitative estimate of drug-likeness (QED) is 0.312. The van der Waals surface area contributed by atoms with Crippen molar-refractivity contribution < 1.29 is 5.11 Å². The molecule has 0 saturated carbocycles. The van der Waals surface area contributed by atoms with Gasteiger partial charge in [0.1, 0.15) is 0 Å². The molecule has 1 aliphatic carbocycles. The molecule has 5 aromatic carbocycles. The van der Waals surface area contributed by atoms with Gasteiger partial charge in [-0.05, 0) is 68.3 Å². The second-order valence-corrected chi connectivity index (χ2v) is 7.85. The minimum absolute atomic E-state index is 0.0852. The number of rotatable bonds is 1. The van der Waals surface area contributed by atoms with Crippen LogP contribution in [0.2, 0.25) is 0 Å². The van der Waals surface area contributed by atoms with Crippen molar-refractivity contribution in [2.75, 3.05) is 0 Å². The molecule has 1 heteroatoms. The van der Waals surface area contributed by atoms with E-state index in [0.29, 0.717) is 0 Å². The minimum Gasteiger partial charge on any atom is -0.392 e. The summed E-state index contributed by atoms with van der Waals surface area (Å²) < 4.78 is 0. The van der Waals surface area contributed by atoms with Crippen LogP contribution in [0.25, 0.3) is 21.5 Å². The van der Waals surface area contributed by atoms with Gasteiger partial charge in [0.05, 0.1) is 6.61 Å². The van der Waals surface area contributed by atoms with Crippen molar-refractivity contribution in [3.63, 3.8) is 0 Å². The molecule has 0 bridgehead atoms. The van der Waals surface area contributed by atoms with Crippen LogP contribution in [-0.2, 0) is 19.4 Å². The molecular weight excluding hydrogens is 364 g/mol. The maximum absolute atomic E-state index is 9.53. The van der Waals surface area contributed by atoms with E-state index < -0.39 is 0 Å². The Morgan fingerprint density at radius 3 is 1.27 bits per heavy atom. The van der Waals surface area contributed by atoms with Crippen LogP contribution in [0.3, 0.4) is 0 Å². The summed E-state index contributed by atoms with van der Waals surface area (Å²) >= 11 is 0. The highest BCUT2D eigenvalue weighted by atomic mass is 16.3. The fraction of sp³-hybridized carbons (Fsp3) is 0.103. The Labute approximate surface area is 177 Å². The van der Waals surface area contributed by atoms with Crippen LogP contribution < -0.4 is 0 Å². The number of benzene rings is 5. The largest absolute Gasteiger partial charge is 0.392 e. The van der Waals surface area contributed by atoms with Gasteiger partial charge < -0.3 is 5.11 Å². The third kappa shape index (κ3) is 3.49. The van der Waals surface area contributed by atoms with Gasteiger partial charge >= 0.3 is 0 Å². The summed E-state index contributed by atoms with van der Waals surface area (Å²) in [6.07, 6.45) is 2.21. The maximum Gasteiger partial charge on any atom is 0.0693 e. The molecule has 0 heterocycles. The highest BCUT2D eigenvalue weighted by Gasteiger charge is 2.13. The van der Waals surface area contributed by atoms with Gasteiger partial charge in [0.15, 0.2) is 0 Å². The third-order valence-corrected chi connectivity index (χ3v) is 6.04. The average molecular weight is 389 g/mol. The summed E-state index contributed by atoms with van der Waals surface area (Å²) in [6.45, 7) is 0.0852. The molecule has 0 unspecified atom stereocenters. The lowest BCUT2D eigenvalue weighted by Crippen LogP contribution is -2.06. The predicted octanol–water partition coefficient (Wildman–Crippen LogP) is 6.67. The van der Waals surface area contributed by atoms with Crippen molar-refractivity contribution in [2.24, 2.45) is 0 Å². The van der Waals surface area contributed by atoms with Gasteiger partial charge in [-0.25, -0.2) is 0 Å². The number of aliphatic hydroxyl groups excluding tert-OH is 1. The molecule has 30 heavy (non-hydrogen) atoms. The molecule has 0 aromatic heterocycles. The molecule has 146 valence electrons. The molecule has 0 saturated heterocycles. The van der Waals surface area contributed by atoms with Crippen molar-refractivity contribution >= 4 is 21.5 Å². The lowest BCUT2D eigenvalue weighted by atomic mass is 9.86. The Balaban J connectivity index is 0.000000130. The highest BCUT2D eigenvalue weighted by molar-refractivity contribution is 6.02. The molecule has 1 nitrogen and oxygen atoms in total. The Morgan fingerprint density at radius 2 is 0.867 bits per heavy atom. The Morgan fingerprint density at radius 1 is 0.500 bits per heavy atom. The Bertz CT molecular complexity index is 1190. The average Bonchev–Trinajstić information content (AvgIpc) is 2.81. The Hall–Kier alpha value is -3.42. The zero-order valence-electron chi connectivity index (χ0n) is 16.9. The van der Waals surface area contributed by atoms with E-state index in [0.717, 1.165) is 29.2 Å². The standard InChI is InChI=1S/C15H12O.C14H12/c16-10-15-13-7-3-1-5-11(13)9-12-6-2-4-8-14(12)15;1-2-6-12-10-14-8-4-3-7-13(14)9-11(12)5-1/h1-9,16H,10H2;1-8H,9-10H2. The van der Waals surface area contributed by atoms with E-state index in [1.54, 1.807) is 0 Å². The number of fused-ring (bicyclic) bond motifs is 4. The molecule has 1 N–H and O–H groups in total. The second kappa shape index (κ2) is 8.14. The summed E-state index contributed by atoms with van der Waals surface area (Å²) in [5.41, 5.74) is 6.99. The zero-order valence-corrected chi connectivity index (χ0v) is 16.9. The molecular formula is C29H24O. The van der Waals surface area contributed by atoms with Gasteiger partial charge in [-0.3, -0.25) is 0 Å². The van der Waals surface area contributed by atoms with Gasteiger partial charge in [-0.1, -0.05) is 97.1 Å². The first kappa shape index (κ1) is 18.6. The van der Waals surface area contributed by atoms with Crippen molar-refractivity contribution in [1.29, 1.82) is 0 Å². The highest BCUT2D eigenvalue weighted by Crippen LogP contribution is 2.28. The van der Waals surface area contributed by atoms with Crippen LogP contribution in [-0.4, -0.2) is 5.11 Å². The predicted molar refractivity (Wildman–Crippen MR) is 126 cm³/mol. The van der Waals surface area contributed by atoms with Crippen LogP contribution in [0, 0.1) is 0 Å². The van der Waals surface area contributed by atoms with Crippen LogP contribution in [0.5, 0.6) is 0 Å². The first-order valence-electron chi connectivity index (χ1n) is 10.5. The van der Waals surface area contributed by atoms with Crippen LogP contribution in [0.1, 0.15) is 27.8 Å². The van der Waals surface area contributed by atoms with Crippen LogP contribution in [0.15, 0.2) is 103 Å². The lowest BCUT2D eigenvalue weighted by molar-refractivity contribution is 0.285. The van der Waals surface area contributed by atoms with Gasteiger partial charge in [0.2, 0.25) is 0 Å². The summed E-state index contributed by atoms with van der Waals surface area (Å²) in [7, 11) is 0. The first-order chi connectivity index (χ1) is 14.8. The van der Waals surface area contributed by atoms with Gasteiger partial charge in [-0.2, -0.15) is 0 Å². The molecule has 6 rings (SSSR count). The maximum atomic E-state index is 9.53.